The fraction of sp³-hybridized carbons (Fsp3) is 0.400. The number of hydrogen-bond acceptors (Lipinski definition) is 6. The molecule has 2 aromatic rings. The van der Waals surface area contributed by atoms with Gasteiger partial charge in [-0.3, -0.25) is 4.79 Å². The number of tetrazole rings is 1. The third kappa shape index (κ3) is 4.60. The first kappa shape index (κ1) is 16.6. The normalized spacial score (nSPS) is 12.0. The van der Waals surface area contributed by atoms with Crippen molar-refractivity contribution in [1.29, 1.82) is 0 Å². The maximum absolute atomic E-state index is 12.4. The van der Waals surface area contributed by atoms with E-state index in [1.165, 1.54) is 4.80 Å². The molecule has 1 amide bonds. The number of aromatic nitrogens is 4. The lowest BCUT2D eigenvalue weighted by Gasteiger charge is -2.19. The average Bonchev–Trinajstić information content (AvgIpc) is 2.97. The monoisotopic (exact) mass is 317 g/mol. The van der Waals surface area contributed by atoms with Gasteiger partial charge >= 0.3 is 6.09 Å². The maximum atomic E-state index is 12.4. The lowest BCUT2D eigenvalue weighted by molar-refractivity contribution is 0.0876. The van der Waals surface area contributed by atoms with E-state index in [4.69, 9.17) is 4.74 Å². The van der Waals surface area contributed by atoms with Crippen molar-refractivity contribution in [3.63, 3.8) is 0 Å². The Bertz CT molecular complexity index is 669. The second-order valence-electron chi connectivity index (χ2n) is 5.39. The highest BCUT2D eigenvalue weighted by Crippen LogP contribution is 2.08. The van der Waals surface area contributed by atoms with E-state index >= 15 is 0 Å². The zero-order valence-corrected chi connectivity index (χ0v) is 13.3. The van der Waals surface area contributed by atoms with E-state index in [-0.39, 0.29) is 18.3 Å². The van der Waals surface area contributed by atoms with E-state index in [0.717, 1.165) is 5.56 Å². The molecular weight excluding hydrogens is 298 g/mol. The highest BCUT2D eigenvalue weighted by Gasteiger charge is 2.29. The number of carbonyl (C=O) groups excluding carboxylic acids is 2. The Morgan fingerprint density at radius 1 is 1.26 bits per heavy atom. The van der Waals surface area contributed by atoms with Gasteiger partial charge < -0.3 is 10.1 Å². The van der Waals surface area contributed by atoms with E-state index in [0.29, 0.717) is 0 Å². The summed E-state index contributed by atoms with van der Waals surface area (Å²) in [6.45, 7) is 3.77. The minimum absolute atomic E-state index is 0.0328. The van der Waals surface area contributed by atoms with Crippen LogP contribution >= 0.6 is 0 Å². The van der Waals surface area contributed by atoms with Crippen molar-refractivity contribution >= 4 is 11.9 Å². The van der Waals surface area contributed by atoms with Crippen LogP contribution in [0.15, 0.2) is 30.3 Å². The van der Waals surface area contributed by atoms with Gasteiger partial charge in [-0.15, -0.1) is 10.2 Å². The van der Waals surface area contributed by atoms with Gasteiger partial charge in [0.1, 0.15) is 12.6 Å². The number of nitrogens with one attached hydrogen (secondary N) is 1. The molecule has 0 spiro atoms. The summed E-state index contributed by atoms with van der Waals surface area (Å²) in [6, 6.07) is 8.52. The quantitative estimate of drug-likeness (QED) is 0.807. The van der Waals surface area contributed by atoms with Crippen LogP contribution in [0.2, 0.25) is 0 Å². The molecule has 8 nitrogen and oxygen atoms in total. The molecule has 122 valence electrons. The van der Waals surface area contributed by atoms with Gasteiger partial charge in [0.25, 0.3) is 0 Å². The summed E-state index contributed by atoms with van der Waals surface area (Å²) in [5.41, 5.74) is 0.866. The van der Waals surface area contributed by atoms with Crippen molar-refractivity contribution in [1.82, 2.24) is 25.5 Å². The van der Waals surface area contributed by atoms with Crippen molar-refractivity contribution in [2.24, 2.45) is 13.0 Å². The first-order valence-corrected chi connectivity index (χ1v) is 7.23. The molecule has 0 bridgehead atoms. The Labute approximate surface area is 133 Å². The highest BCUT2D eigenvalue weighted by atomic mass is 16.5. The van der Waals surface area contributed by atoms with Crippen molar-refractivity contribution in [3.05, 3.63) is 41.7 Å². The summed E-state index contributed by atoms with van der Waals surface area (Å²) in [6.07, 6.45) is -0.662. The molecule has 1 atom stereocenters. The number of ether oxygens (including phenoxy) is 1. The molecule has 2 rings (SSSR count). The van der Waals surface area contributed by atoms with Gasteiger partial charge in [-0.25, -0.2) is 4.79 Å². The highest BCUT2D eigenvalue weighted by molar-refractivity contribution is 5.98. The average molecular weight is 317 g/mol. The number of hydrogen-bond donors (Lipinski definition) is 1. The van der Waals surface area contributed by atoms with Gasteiger partial charge in [0.15, 0.2) is 0 Å². The number of amides is 1. The topological polar surface area (TPSA) is 99.0 Å². The molecule has 1 aromatic carbocycles. The van der Waals surface area contributed by atoms with E-state index in [2.05, 4.69) is 20.7 Å². The van der Waals surface area contributed by atoms with E-state index in [9.17, 15) is 9.59 Å². The lowest BCUT2D eigenvalue weighted by Crippen LogP contribution is -2.45. The molecule has 1 aromatic heterocycles. The number of aryl methyl sites for hydroxylation is 1. The van der Waals surface area contributed by atoms with Crippen LogP contribution < -0.4 is 5.32 Å². The Balaban J connectivity index is 1.96. The number of Topliss-reactive ketones (excluding diaryl/α,β-unsaturated/α-hetero) is 1. The predicted octanol–water partition coefficient (Wildman–Crippen LogP) is 1.34. The summed E-state index contributed by atoms with van der Waals surface area (Å²) in [7, 11) is 1.57. The zero-order chi connectivity index (χ0) is 16.8. The standard InChI is InChI=1S/C15H19N5O3/c1-10(2)12(13(21)14-17-19-20(3)18-14)16-15(22)23-9-11-7-5-4-6-8-11/h4-8,10,12H,9H2,1-3H3,(H,16,22)/t12-/m0/s1. The fourth-order valence-electron chi connectivity index (χ4n) is 1.95. The second kappa shape index (κ2) is 7.48. The molecule has 1 N–H and O–H groups in total. The first-order valence-electron chi connectivity index (χ1n) is 7.23. The van der Waals surface area contributed by atoms with Crippen LogP contribution in [0.1, 0.15) is 30.0 Å². The van der Waals surface area contributed by atoms with Crippen molar-refractivity contribution in [3.8, 4) is 0 Å². The molecule has 0 unspecified atom stereocenters. The van der Waals surface area contributed by atoms with Crippen LogP contribution in [0.5, 0.6) is 0 Å². The SMILES string of the molecule is CC(C)[C@H](NC(=O)OCc1ccccc1)C(=O)c1nnn(C)n1. The third-order valence-electron chi connectivity index (χ3n) is 3.16. The Morgan fingerprint density at radius 3 is 2.52 bits per heavy atom. The molecular formula is C15H19N5O3. The van der Waals surface area contributed by atoms with Gasteiger partial charge in [-0.1, -0.05) is 44.2 Å². The molecule has 0 saturated carbocycles. The number of rotatable bonds is 6. The maximum Gasteiger partial charge on any atom is 0.408 e. The summed E-state index contributed by atoms with van der Waals surface area (Å²) >= 11 is 0. The molecule has 0 radical (unpaired) electrons. The first-order chi connectivity index (χ1) is 11.0. The van der Waals surface area contributed by atoms with E-state index < -0.39 is 17.9 Å². The van der Waals surface area contributed by atoms with Gasteiger partial charge in [-0.2, -0.15) is 4.80 Å². The molecule has 0 aliphatic heterocycles. The van der Waals surface area contributed by atoms with Gasteiger partial charge in [0.05, 0.1) is 7.05 Å². The van der Waals surface area contributed by atoms with E-state index in [1.807, 2.05) is 44.2 Å². The number of ketones is 1. The fourth-order valence-corrected chi connectivity index (χ4v) is 1.95. The molecule has 0 aliphatic rings. The molecule has 23 heavy (non-hydrogen) atoms. The van der Waals surface area contributed by atoms with Crippen LogP contribution in [0.4, 0.5) is 4.79 Å². The molecule has 0 aliphatic carbocycles. The van der Waals surface area contributed by atoms with Crippen LogP contribution in [0, 0.1) is 5.92 Å². The smallest absolute Gasteiger partial charge is 0.408 e. The number of alkyl carbamates (subject to hydrolysis) is 1. The Morgan fingerprint density at radius 2 is 1.96 bits per heavy atom. The van der Waals surface area contributed by atoms with Crippen LogP contribution in [-0.2, 0) is 18.4 Å². The lowest BCUT2D eigenvalue weighted by atomic mass is 10.00. The Kier molecular flexibility index (Phi) is 5.40. The van der Waals surface area contributed by atoms with E-state index in [1.54, 1.807) is 7.05 Å². The van der Waals surface area contributed by atoms with Gasteiger partial charge in [0.2, 0.25) is 11.6 Å². The molecule has 1 heterocycles. The van der Waals surface area contributed by atoms with Crippen molar-refractivity contribution in [2.45, 2.75) is 26.5 Å². The number of benzene rings is 1. The minimum Gasteiger partial charge on any atom is -0.445 e. The van der Waals surface area contributed by atoms with Gasteiger partial charge in [-0.05, 0) is 16.7 Å². The number of nitrogens with zero attached hydrogens (tertiary/aromatic N) is 4. The third-order valence-corrected chi connectivity index (χ3v) is 3.16. The summed E-state index contributed by atoms with van der Waals surface area (Å²) < 4.78 is 5.14. The summed E-state index contributed by atoms with van der Waals surface area (Å²) in [5.74, 6) is -0.574. The number of carbonyl (C=O) groups is 2. The minimum atomic E-state index is -0.775. The van der Waals surface area contributed by atoms with Crippen LogP contribution in [-0.4, -0.2) is 38.1 Å². The summed E-state index contributed by atoms with van der Waals surface area (Å²) in [5, 5.41) is 13.7. The molecule has 8 heteroatoms. The second-order valence-corrected chi connectivity index (χ2v) is 5.39. The van der Waals surface area contributed by atoms with Gasteiger partial charge in [0, 0.05) is 0 Å². The van der Waals surface area contributed by atoms with Crippen LogP contribution in [0.25, 0.3) is 0 Å². The predicted molar refractivity (Wildman–Crippen MR) is 81.5 cm³/mol. The molecule has 0 saturated heterocycles. The van der Waals surface area contributed by atoms with Crippen molar-refractivity contribution < 1.29 is 14.3 Å². The Hall–Kier alpha value is -2.77. The van der Waals surface area contributed by atoms with Crippen LogP contribution in [0.3, 0.4) is 0 Å². The molecule has 0 fully saturated rings. The largest absolute Gasteiger partial charge is 0.445 e. The summed E-state index contributed by atoms with van der Waals surface area (Å²) in [4.78, 5) is 25.5. The van der Waals surface area contributed by atoms with Crippen molar-refractivity contribution in [2.75, 3.05) is 0 Å². The zero-order valence-electron chi connectivity index (χ0n) is 13.3.